The van der Waals surface area contributed by atoms with Crippen LogP contribution in [0.1, 0.15) is 45.6 Å². The van der Waals surface area contributed by atoms with E-state index in [4.69, 9.17) is 0 Å². The molecule has 1 amide bonds. The van der Waals surface area contributed by atoms with Crippen molar-refractivity contribution in [3.63, 3.8) is 0 Å². The first-order valence-electron chi connectivity index (χ1n) is 9.48. The van der Waals surface area contributed by atoms with Crippen molar-refractivity contribution < 1.29 is 9.18 Å². The summed E-state index contributed by atoms with van der Waals surface area (Å²) >= 11 is 0. The maximum absolute atomic E-state index is 13.5. The number of benzene rings is 1. The van der Waals surface area contributed by atoms with Crippen molar-refractivity contribution in [1.82, 2.24) is 15.5 Å². The van der Waals surface area contributed by atoms with E-state index in [1.807, 2.05) is 31.7 Å². The largest absolute Gasteiger partial charge is 0.357 e. The number of hydrogen-bond donors (Lipinski definition) is 2. The van der Waals surface area contributed by atoms with Gasteiger partial charge in [-0.15, -0.1) is 24.0 Å². The van der Waals surface area contributed by atoms with Gasteiger partial charge in [-0.3, -0.25) is 9.79 Å². The number of carbonyl (C=O) groups excluding carboxylic acids is 1. The Labute approximate surface area is 179 Å². The van der Waals surface area contributed by atoms with Gasteiger partial charge in [0.2, 0.25) is 5.91 Å². The van der Waals surface area contributed by atoms with Crippen LogP contribution < -0.4 is 10.6 Å². The quantitative estimate of drug-likeness (QED) is 0.351. The maximum atomic E-state index is 13.5. The first-order valence-corrected chi connectivity index (χ1v) is 9.48. The van der Waals surface area contributed by atoms with Gasteiger partial charge in [-0.25, -0.2) is 4.39 Å². The minimum Gasteiger partial charge on any atom is -0.357 e. The lowest BCUT2D eigenvalue weighted by Gasteiger charge is -2.24. The molecule has 1 aliphatic rings. The smallest absolute Gasteiger partial charge is 0.224 e. The summed E-state index contributed by atoms with van der Waals surface area (Å²) in [6.07, 6.45) is 2.69. The molecule has 7 heteroatoms. The predicted octanol–water partition coefficient (Wildman–Crippen LogP) is 3.29. The lowest BCUT2D eigenvalue weighted by Crippen LogP contribution is -2.40. The number of rotatable bonds is 7. The first kappa shape index (κ1) is 23.7. The topological polar surface area (TPSA) is 56.7 Å². The van der Waals surface area contributed by atoms with Gasteiger partial charge in [0.1, 0.15) is 5.82 Å². The molecule has 2 N–H and O–H groups in total. The number of halogens is 2. The van der Waals surface area contributed by atoms with Crippen molar-refractivity contribution in [2.75, 3.05) is 32.7 Å². The molecule has 1 fully saturated rings. The van der Waals surface area contributed by atoms with Gasteiger partial charge in [0.05, 0.1) is 6.54 Å². The number of guanidine groups is 1. The first-order chi connectivity index (χ1) is 12.4. The van der Waals surface area contributed by atoms with Crippen LogP contribution in [0.15, 0.2) is 29.3 Å². The minimum absolute atomic E-state index is 0. The molecule has 0 spiro atoms. The molecule has 1 aromatic carbocycles. The Morgan fingerprint density at radius 2 is 1.96 bits per heavy atom. The fourth-order valence-electron chi connectivity index (χ4n) is 3.03. The van der Waals surface area contributed by atoms with Gasteiger partial charge in [0.15, 0.2) is 5.96 Å². The summed E-state index contributed by atoms with van der Waals surface area (Å²) in [5.41, 5.74) is 0.636. The Hall–Kier alpha value is -1.38. The Balaban J connectivity index is 0.00000364. The highest BCUT2D eigenvalue weighted by molar-refractivity contribution is 14.0. The van der Waals surface area contributed by atoms with Crippen molar-refractivity contribution in [3.05, 3.63) is 35.6 Å². The number of carbonyl (C=O) groups is 1. The van der Waals surface area contributed by atoms with Crippen molar-refractivity contribution >= 4 is 35.8 Å². The molecular formula is C20H32FIN4O. The van der Waals surface area contributed by atoms with Gasteiger partial charge in [0.25, 0.3) is 0 Å². The van der Waals surface area contributed by atoms with E-state index in [-0.39, 0.29) is 41.1 Å². The molecule has 27 heavy (non-hydrogen) atoms. The summed E-state index contributed by atoms with van der Waals surface area (Å²) in [5.74, 6) is 0.655. The zero-order valence-electron chi connectivity index (χ0n) is 16.6. The van der Waals surface area contributed by atoms with Crippen LogP contribution in [-0.2, 0) is 10.2 Å². The van der Waals surface area contributed by atoms with Crippen molar-refractivity contribution in [1.29, 1.82) is 0 Å². The number of likely N-dealkylation sites (tertiary alicyclic amines) is 1. The van der Waals surface area contributed by atoms with E-state index in [1.165, 1.54) is 6.07 Å². The molecular weight excluding hydrogens is 458 g/mol. The second-order valence-electron chi connectivity index (χ2n) is 7.35. The Morgan fingerprint density at radius 3 is 2.59 bits per heavy atom. The molecule has 1 aliphatic heterocycles. The molecule has 0 atom stereocenters. The minimum atomic E-state index is -0.282. The number of aliphatic imine (C=N–C) groups is 1. The SMILES string of the molecule is CCNC(=NCC(C)(C)c1cccc(F)c1)NCCC(=O)N1CCCC1.I. The standard InChI is InChI=1S/C20H31FN4O.HI/c1-4-22-19(23-11-10-18(26)25-12-5-6-13-25)24-15-20(2,3)16-8-7-9-17(21)14-16;/h7-9,14H,4-6,10-13,15H2,1-3H3,(H2,22,23,24);1H. The Kier molecular flexibility index (Phi) is 10.0. The second kappa shape index (κ2) is 11.5. The maximum Gasteiger partial charge on any atom is 0.224 e. The molecule has 0 radical (unpaired) electrons. The van der Waals surface area contributed by atoms with Crippen LogP contribution in [0.4, 0.5) is 4.39 Å². The molecule has 0 aromatic heterocycles. The number of amides is 1. The molecule has 152 valence electrons. The summed E-state index contributed by atoms with van der Waals surface area (Å²) in [6.45, 7) is 9.69. The van der Waals surface area contributed by atoms with Crippen LogP contribution >= 0.6 is 24.0 Å². The average molecular weight is 490 g/mol. The van der Waals surface area contributed by atoms with Gasteiger partial charge < -0.3 is 15.5 Å². The number of nitrogens with zero attached hydrogens (tertiary/aromatic N) is 2. The van der Waals surface area contributed by atoms with Gasteiger partial charge in [0, 0.05) is 38.0 Å². The summed E-state index contributed by atoms with van der Waals surface area (Å²) in [6, 6.07) is 6.66. The highest BCUT2D eigenvalue weighted by Gasteiger charge is 2.21. The highest BCUT2D eigenvalue weighted by atomic mass is 127. The molecule has 0 aliphatic carbocycles. The molecule has 0 unspecified atom stereocenters. The lowest BCUT2D eigenvalue weighted by molar-refractivity contribution is -0.129. The van der Waals surface area contributed by atoms with Crippen LogP contribution in [0, 0.1) is 5.82 Å². The van der Waals surface area contributed by atoms with Gasteiger partial charge in [-0.05, 0) is 37.5 Å². The van der Waals surface area contributed by atoms with Crippen LogP contribution in [0.2, 0.25) is 0 Å². The van der Waals surface area contributed by atoms with E-state index in [0.29, 0.717) is 25.5 Å². The zero-order valence-corrected chi connectivity index (χ0v) is 18.9. The van der Waals surface area contributed by atoms with Gasteiger partial charge in [-0.1, -0.05) is 26.0 Å². The molecule has 2 rings (SSSR count). The van der Waals surface area contributed by atoms with Gasteiger partial charge in [-0.2, -0.15) is 0 Å². The lowest BCUT2D eigenvalue weighted by atomic mass is 9.85. The summed E-state index contributed by atoms with van der Waals surface area (Å²) in [5, 5.41) is 6.43. The summed E-state index contributed by atoms with van der Waals surface area (Å²) in [4.78, 5) is 18.7. The summed E-state index contributed by atoms with van der Waals surface area (Å²) < 4.78 is 13.5. The van der Waals surface area contributed by atoms with E-state index in [1.54, 1.807) is 12.1 Å². The fraction of sp³-hybridized carbons (Fsp3) is 0.600. The molecule has 0 bridgehead atoms. The molecule has 5 nitrogen and oxygen atoms in total. The van der Waals surface area contributed by atoms with Gasteiger partial charge >= 0.3 is 0 Å². The van der Waals surface area contributed by atoms with Crippen LogP contribution in [0.25, 0.3) is 0 Å². The number of hydrogen-bond acceptors (Lipinski definition) is 2. The van der Waals surface area contributed by atoms with E-state index in [2.05, 4.69) is 15.6 Å². The fourth-order valence-corrected chi connectivity index (χ4v) is 3.03. The molecule has 1 heterocycles. The van der Waals surface area contributed by atoms with E-state index in [9.17, 15) is 9.18 Å². The molecule has 0 saturated carbocycles. The monoisotopic (exact) mass is 490 g/mol. The highest BCUT2D eigenvalue weighted by Crippen LogP contribution is 2.24. The van der Waals surface area contributed by atoms with E-state index < -0.39 is 0 Å². The third-order valence-corrected chi connectivity index (χ3v) is 4.67. The number of nitrogens with one attached hydrogen (secondary N) is 2. The second-order valence-corrected chi connectivity index (χ2v) is 7.35. The van der Waals surface area contributed by atoms with E-state index in [0.717, 1.165) is 38.0 Å². The van der Waals surface area contributed by atoms with Crippen LogP contribution in [-0.4, -0.2) is 49.5 Å². The summed E-state index contributed by atoms with van der Waals surface area (Å²) in [7, 11) is 0. The Morgan fingerprint density at radius 1 is 1.26 bits per heavy atom. The van der Waals surface area contributed by atoms with Crippen molar-refractivity contribution in [2.24, 2.45) is 4.99 Å². The third-order valence-electron chi connectivity index (χ3n) is 4.67. The normalized spacial score (nSPS) is 14.7. The average Bonchev–Trinajstić information content (AvgIpc) is 3.14. The molecule has 1 aromatic rings. The molecule has 1 saturated heterocycles. The van der Waals surface area contributed by atoms with Crippen molar-refractivity contribution in [3.8, 4) is 0 Å². The Bertz CT molecular complexity index is 630. The van der Waals surface area contributed by atoms with Crippen molar-refractivity contribution in [2.45, 2.75) is 45.4 Å². The van der Waals surface area contributed by atoms with Crippen LogP contribution in [0.5, 0.6) is 0 Å². The zero-order chi connectivity index (χ0) is 19.0. The third kappa shape index (κ3) is 7.63. The van der Waals surface area contributed by atoms with Crippen LogP contribution in [0.3, 0.4) is 0 Å². The van der Waals surface area contributed by atoms with E-state index >= 15 is 0 Å². The predicted molar refractivity (Wildman–Crippen MR) is 119 cm³/mol.